The van der Waals surface area contributed by atoms with E-state index in [0.29, 0.717) is 6.79 Å². The van der Waals surface area contributed by atoms with Crippen LogP contribution >= 0.6 is 0 Å². The fourth-order valence-electron chi connectivity index (χ4n) is 3.79. The molecule has 4 rings (SSSR count). The minimum absolute atomic E-state index is 0.0611. The van der Waals surface area contributed by atoms with Crippen LogP contribution in [0.25, 0.3) is 0 Å². The van der Waals surface area contributed by atoms with Crippen LogP contribution in [0.1, 0.15) is 28.8 Å². The number of ether oxygens (including phenoxy) is 2. The van der Waals surface area contributed by atoms with Gasteiger partial charge in [0.05, 0.1) is 12.6 Å². The predicted molar refractivity (Wildman–Crippen MR) is 95.9 cm³/mol. The molecule has 5 heteroatoms. The van der Waals surface area contributed by atoms with Crippen LogP contribution in [0, 0.1) is 0 Å². The molecule has 2 aromatic rings. The highest BCUT2D eigenvalue weighted by Gasteiger charge is 2.30. The van der Waals surface area contributed by atoms with E-state index in [0.717, 1.165) is 36.6 Å². The molecule has 5 nitrogen and oxygen atoms in total. The molecule has 25 heavy (non-hydrogen) atoms. The van der Waals surface area contributed by atoms with E-state index in [1.54, 1.807) is 0 Å². The van der Waals surface area contributed by atoms with Crippen molar-refractivity contribution in [1.82, 2.24) is 10.2 Å². The lowest BCUT2D eigenvalue weighted by Gasteiger charge is -2.36. The molecule has 2 N–H and O–H groups in total. The molecule has 2 atom stereocenters. The summed E-state index contributed by atoms with van der Waals surface area (Å²) in [6, 6.07) is 14.4. The Balaban J connectivity index is 1.55. The molecule has 2 aliphatic rings. The number of aliphatic hydroxyl groups is 1. The van der Waals surface area contributed by atoms with E-state index in [4.69, 9.17) is 9.47 Å². The van der Waals surface area contributed by atoms with Gasteiger partial charge < -0.3 is 19.9 Å². The Kier molecular flexibility index (Phi) is 4.61. The van der Waals surface area contributed by atoms with E-state index in [1.165, 1.54) is 11.1 Å². The first-order valence-corrected chi connectivity index (χ1v) is 8.78. The zero-order valence-corrected chi connectivity index (χ0v) is 14.4. The van der Waals surface area contributed by atoms with Crippen LogP contribution in [0.5, 0.6) is 11.5 Å². The Morgan fingerprint density at radius 1 is 1.20 bits per heavy atom. The van der Waals surface area contributed by atoms with Crippen LogP contribution in [0.4, 0.5) is 0 Å². The molecule has 0 bridgehead atoms. The van der Waals surface area contributed by atoms with Gasteiger partial charge in [0, 0.05) is 24.7 Å². The van der Waals surface area contributed by atoms with E-state index >= 15 is 0 Å². The Morgan fingerprint density at radius 2 is 2.04 bits per heavy atom. The van der Waals surface area contributed by atoms with Gasteiger partial charge in [0.2, 0.25) is 6.79 Å². The third kappa shape index (κ3) is 3.11. The van der Waals surface area contributed by atoms with Gasteiger partial charge in [-0.2, -0.15) is 0 Å². The van der Waals surface area contributed by atoms with Gasteiger partial charge in [-0.15, -0.1) is 0 Å². The van der Waals surface area contributed by atoms with Crippen molar-refractivity contribution in [1.29, 1.82) is 0 Å². The first-order valence-electron chi connectivity index (χ1n) is 8.78. The number of nitrogens with zero attached hydrogens (tertiary/aromatic N) is 1. The van der Waals surface area contributed by atoms with Gasteiger partial charge in [0.25, 0.3) is 0 Å². The average molecular weight is 340 g/mol. The molecule has 0 aromatic heterocycles. The molecule has 0 aliphatic carbocycles. The van der Waals surface area contributed by atoms with E-state index in [9.17, 15) is 5.11 Å². The minimum atomic E-state index is -0.0611. The number of hydrogen-bond donors (Lipinski definition) is 2. The summed E-state index contributed by atoms with van der Waals surface area (Å²) < 4.78 is 11.2. The second-order valence-electron chi connectivity index (χ2n) is 6.67. The van der Waals surface area contributed by atoms with E-state index in [2.05, 4.69) is 23.3 Å². The smallest absolute Gasteiger partial charge is 0.231 e. The van der Waals surface area contributed by atoms with Crippen LogP contribution in [-0.2, 0) is 6.42 Å². The number of likely N-dealkylation sites (N-methyl/N-ethyl adjacent to an activating group) is 1. The zero-order chi connectivity index (χ0) is 17.2. The minimum Gasteiger partial charge on any atom is -0.454 e. The topological polar surface area (TPSA) is 54.0 Å². The summed E-state index contributed by atoms with van der Waals surface area (Å²) in [5, 5.41) is 13.3. The summed E-state index contributed by atoms with van der Waals surface area (Å²) in [6.07, 6.45) is 0.969. The highest BCUT2D eigenvalue weighted by Crippen LogP contribution is 2.42. The van der Waals surface area contributed by atoms with Crippen LogP contribution in [0.15, 0.2) is 42.5 Å². The Bertz CT molecular complexity index is 735. The van der Waals surface area contributed by atoms with Crippen LogP contribution in [-0.4, -0.2) is 43.5 Å². The largest absolute Gasteiger partial charge is 0.454 e. The van der Waals surface area contributed by atoms with E-state index < -0.39 is 0 Å². The van der Waals surface area contributed by atoms with Crippen molar-refractivity contribution in [2.75, 3.05) is 33.5 Å². The second-order valence-corrected chi connectivity index (χ2v) is 6.67. The quantitative estimate of drug-likeness (QED) is 0.874. The third-order valence-electron chi connectivity index (χ3n) is 5.23. The molecule has 2 aliphatic heterocycles. The maximum absolute atomic E-state index is 9.78. The first-order chi connectivity index (χ1) is 12.3. The maximum atomic E-state index is 9.78. The number of fused-ring (bicyclic) bond motifs is 3. The number of benzene rings is 2. The van der Waals surface area contributed by atoms with Gasteiger partial charge in [-0.1, -0.05) is 36.4 Å². The van der Waals surface area contributed by atoms with Crippen molar-refractivity contribution < 1.29 is 14.6 Å². The highest BCUT2D eigenvalue weighted by atomic mass is 16.7. The number of nitrogens with one attached hydrogen (secondary N) is 1. The fourth-order valence-corrected chi connectivity index (χ4v) is 3.79. The number of rotatable bonds is 5. The normalized spacial score (nSPS) is 20.3. The van der Waals surface area contributed by atoms with Gasteiger partial charge in [-0.3, -0.25) is 4.90 Å². The fraction of sp³-hybridized carbons (Fsp3) is 0.400. The van der Waals surface area contributed by atoms with Crippen molar-refractivity contribution in [2.24, 2.45) is 0 Å². The Labute approximate surface area is 148 Å². The molecule has 0 saturated heterocycles. The van der Waals surface area contributed by atoms with E-state index in [1.807, 2.05) is 36.4 Å². The Hall–Kier alpha value is -2.08. The molecular weight excluding hydrogens is 316 g/mol. The molecule has 0 unspecified atom stereocenters. The zero-order valence-electron chi connectivity index (χ0n) is 14.4. The van der Waals surface area contributed by atoms with Crippen LogP contribution < -0.4 is 14.8 Å². The highest BCUT2D eigenvalue weighted by molar-refractivity contribution is 5.54. The van der Waals surface area contributed by atoms with Crippen molar-refractivity contribution in [3.63, 3.8) is 0 Å². The van der Waals surface area contributed by atoms with Crippen molar-refractivity contribution >= 4 is 0 Å². The van der Waals surface area contributed by atoms with Gasteiger partial charge in [0.1, 0.15) is 0 Å². The summed E-state index contributed by atoms with van der Waals surface area (Å²) in [5.41, 5.74) is 3.66. The van der Waals surface area contributed by atoms with Crippen LogP contribution in [0.2, 0.25) is 0 Å². The molecule has 0 amide bonds. The van der Waals surface area contributed by atoms with Crippen molar-refractivity contribution in [2.45, 2.75) is 18.5 Å². The molecule has 0 fully saturated rings. The van der Waals surface area contributed by atoms with Crippen molar-refractivity contribution in [3.05, 3.63) is 59.2 Å². The number of hydrogen-bond acceptors (Lipinski definition) is 5. The molecule has 2 aromatic carbocycles. The Morgan fingerprint density at radius 3 is 2.84 bits per heavy atom. The molecule has 0 saturated carbocycles. The van der Waals surface area contributed by atoms with Gasteiger partial charge in [-0.05, 0) is 30.7 Å². The third-order valence-corrected chi connectivity index (χ3v) is 5.23. The monoisotopic (exact) mass is 340 g/mol. The van der Waals surface area contributed by atoms with Crippen LogP contribution in [0.3, 0.4) is 0 Å². The number of aliphatic hydroxyl groups excluding tert-OH is 1. The summed E-state index contributed by atoms with van der Waals surface area (Å²) in [6.45, 7) is 2.14. The van der Waals surface area contributed by atoms with Crippen molar-refractivity contribution in [3.8, 4) is 11.5 Å². The summed E-state index contributed by atoms with van der Waals surface area (Å²) >= 11 is 0. The van der Waals surface area contributed by atoms with Gasteiger partial charge in [-0.25, -0.2) is 0 Å². The van der Waals surface area contributed by atoms with Gasteiger partial charge >= 0.3 is 0 Å². The lowest BCUT2D eigenvalue weighted by molar-refractivity contribution is 0.170. The average Bonchev–Trinajstić information content (AvgIpc) is 3.13. The lowest BCUT2D eigenvalue weighted by atomic mass is 9.91. The van der Waals surface area contributed by atoms with E-state index in [-0.39, 0.29) is 18.7 Å². The molecule has 132 valence electrons. The molecule has 0 radical (unpaired) electrons. The molecule has 2 heterocycles. The first kappa shape index (κ1) is 16.4. The second kappa shape index (κ2) is 7.04. The predicted octanol–water partition coefficient (Wildman–Crippen LogP) is 2.27. The lowest BCUT2D eigenvalue weighted by Crippen LogP contribution is -2.40. The van der Waals surface area contributed by atoms with Gasteiger partial charge in [0.15, 0.2) is 11.5 Å². The maximum Gasteiger partial charge on any atom is 0.231 e. The summed E-state index contributed by atoms with van der Waals surface area (Å²) in [7, 11) is 2.15. The summed E-state index contributed by atoms with van der Waals surface area (Å²) in [4.78, 5) is 2.36. The molecule has 0 spiro atoms. The summed E-state index contributed by atoms with van der Waals surface area (Å²) in [5.74, 6) is 1.77. The standard InChI is InChI=1S/C20H24N2O3/c1-22-10-9-16-15(7-8-19-20(16)25-13-24-19)18(22)11-21-17(12-23)14-5-3-2-4-6-14/h2-8,17-18,21,23H,9-13H2,1H3/t17-,18-/m0/s1. The SMILES string of the molecule is CN1CCc2c(ccc3c2OCO3)[C@@H]1CN[C@@H](CO)c1ccccc1. The molecular formula is C20H24N2O3.